The van der Waals surface area contributed by atoms with Crippen molar-refractivity contribution in [1.29, 1.82) is 0 Å². The Bertz CT molecular complexity index is 584. The summed E-state index contributed by atoms with van der Waals surface area (Å²) in [5.74, 6) is -0.153. The maximum atomic E-state index is 13.7. The van der Waals surface area contributed by atoms with Crippen LogP contribution in [0.3, 0.4) is 0 Å². The first kappa shape index (κ1) is 14.7. The van der Waals surface area contributed by atoms with E-state index in [-0.39, 0.29) is 5.75 Å². The molecule has 2 nitrogen and oxygen atoms in total. The minimum Gasteiger partial charge on any atom is -0.490 e. The molecule has 0 aliphatic carbocycles. The molecule has 0 aliphatic rings. The lowest BCUT2D eigenvalue weighted by molar-refractivity contribution is 0.300. The zero-order chi connectivity index (χ0) is 14.5. The first-order valence-electron chi connectivity index (χ1n) is 6.56. The topological polar surface area (TPSA) is 35.2 Å². The largest absolute Gasteiger partial charge is 0.490 e. The summed E-state index contributed by atoms with van der Waals surface area (Å²) in [6, 6.07) is 11.1. The Morgan fingerprint density at radius 3 is 2.55 bits per heavy atom. The van der Waals surface area contributed by atoms with Crippen LogP contribution in [0, 0.1) is 12.7 Å². The van der Waals surface area contributed by atoms with Gasteiger partial charge in [0.15, 0.2) is 11.6 Å². The summed E-state index contributed by atoms with van der Waals surface area (Å²) in [6.07, 6.45) is 0.838. The van der Waals surface area contributed by atoms with E-state index in [1.807, 2.05) is 38.1 Å². The van der Waals surface area contributed by atoms with Gasteiger partial charge in [0.2, 0.25) is 0 Å². The molecule has 0 atom stereocenters. The molecule has 2 aromatic carbocycles. The number of rotatable bonds is 5. The lowest BCUT2D eigenvalue weighted by atomic mass is 10.2. The number of anilines is 1. The highest BCUT2D eigenvalue weighted by Gasteiger charge is 2.10. The highest BCUT2D eigenvalue weighted by molar-refractivity contribution is 7.99. The molecule has 20 heavy (non-hydrogen) atoms. The fraction of sp³-hybridized carbons (Fsp3) is 0.250. The molecule has 4 heteroatoms. The van der Waals surface area contributed by atoms with Crippen LogP contribution in [0.5, 0.6) is 5.75 Å². The van der Waals surface area contributed by atoms with E-state index in [9.17, 15) is 4.39 Å². The Labute approximate surface area is 123 Å². The number of hydrogen-bond acceptors (Lipinski definition) is 3. The number of nitrogen functional groups attached to an aromatic ring is 1. The normalized spacial score (nSPS) is 10.6. The Morgan fingerprint density at radius 2 is 1.90 bits per heavy atom. The van der Waals surface area contributed by atoms with E-state index in [0.29, 0.717) is 12.3 Å². The van der Waals surface area contributed by atoms with Crippen molar-refractivity contribution >= 4 is 17.4 Å². The van der Waals surface area contributed by atoms with Gasteiger partial charge in [-0.2, -0.15) is 0 Å². The molecule has 2 aromatic rings. The fourth-order valence-corrected chi connectivity index (χ4v) is 2.56. The highest BCUT2D eigenvalue weighted by atomic mass is 32.2. The molecule has 0 fully saturated rings. The van der Waals surface area contributed by atoms with Gasteiger partial charge in [-0.25, -0.2) is 4.39 Å². The number of aryl methyl sites for hydroxylation is 1. The van der Waals surface area contributed by atoms with Crippen LogP contribution in [0.4, 0.5) is 10.1 Å². The van der Waals surface area contributed by atoms with Gasteiger partial charge in [0.25, 0.3) is 0 Å². The smallest absolute Gasteiger partial charge is 0.167 e. The number of ether oxygens (including phenoxy) is 1. The van der Waals surface area contributed by atoms with Crippen LogP contribution in [0.2, 0.25) is 0 Å². The monoisotopic (exact) mass is 291 g/mol. The van der Waals surface area contributed by atoms with Crippen LogP contribution in [0.1, 0.15) is 18.9 Å². The first-order valence-corrected chi connectivity index (χ1v) is 7.38. The van der Waals surface area contributed by atoms with Gasteiger partial charge in [0, 0.05) is 21.5 Å². The summed E-state index contributed by atoms with van der Waals surface area (Å²) in [7, 11) is 0. The molecule has 0 radical (unpaired) electrons. The van der Waals surface area contributed by atoms with Crippen LogP contribution in [0.25, 0.3) is 0 Å². The molecule has 0 bridgehead atoms. The van der Waals surface area contributed by atoms with Crippen LogP contribution in [0.15, 0.2) is 46.2 Å². The van der Waals surface area contributed by atoms with Gasteiger partial charge >= 0.3 is 0 Å². The Balaban J connectivity index is 2.24. The SMILES string of the molecule is CCCOc1cc(Sc2ccc(C)cc2)c(N)cc1F. The van der Waals surface area contributed by atoms with E-state index in [0.717, 1.165) is 16.2 Å². The maximum absolute atomic E-state index is 13.7. The van der Waals surface area contributed by atoms with Crippen LogP contribution in [-0.4, -0.2) is 6.61 Å². The van der Waals surface area contributed by atoms with Crippen LogP contribution < -0.4 is 10.5 Å². The molecule has 0 amide bonds. The van der Waals surface area contributed by atoms with E-state index in [2.05, 4.69) is 0 Å². The van der Waals surface area contributed by atoms with Crippen molar-refractivity contribution in [3.63, 3.8) is 0 Å². The molecule has 0 saturated heterocycles. The van der Waals surface area contributed by atoms with Crippen molar-refractivity contribution < 1.29 is 9.13 Å². The molecule has 0 spiro atoms. The number of nitrogens with two attached hydrogens (primary N) is 1. The average Bonchev–Trinajstić information content (AvgIpc) is 2.43. The predicted octanol–water partition coefficient (Wildman–Crippen LogP) is 4.66. The number of halogens is 1. The van der Waals surface area contributed by atoms with Gasteiger partial charge in [-0.15, -0.1) is 0 Å². The van der Waals surface area contributed by atoms with Gasteiger partial charge in [0.05, 0.1) is 6.61 Å². The standard InChI is InChI=1S/C16H18FNOS/c1-3-8-19-15-10-16(14(18)9-13(15)17)20-12-6-4-11(2)5-7-12/h4-7,9-10H,3,8,18H2,1-2H3. The van der Waals surface area contributed by atoms with Crippen molar-refractivity contribution in [2.45, 2.75) is 30.1 Å². The third-order valence-corrected chi connectivity index (χ3v) is 3.86. The van der Waals surface area contributed by atoms with E-state index < -0.39 is 5.82 Å². The summed E-state index contributed by atoms with van der Waals surface area (Å²) in [6.45, 7) is 4.52. The molecule has 0 aromatic heterocycles. The summed E-state index contributed by atoms with van der Waals surface area (Å²) < 4.78 is 19.1. The van der Waals surface area contributed by atoms with Crippen molar-refractivity contribution in [3.8, 4) is 5.75 Å². The molecular weight excluding hydrogens is 273 g/mol. The van der Waals surface area contributed by atoms with E-state index in [1.165, 1.54) is 23.4 Å². The van der Waals surface area contributed by atoms with E-state index in [1.54, 1.807) is 6.07 Å². The summed E-state index contributed by atoms with van der Waals surface area (Å²) in [4.78, 5) is 1.87. The Morgan fingerprint density at radius 1 is 1.20 bits per heavy atom. The maximum Gasteiger partial charge on any atom is 0.167 e. The number of benzene rings is 2. The van der Waals surface area contributed by atoms with Gasteiger partial charge in [0.1, 0.15) is 0 Å². The average molecular weight is 291 g/mol. The second-order valence-corrected chi connectivity index (χ2v) is 5.70. The second-order valence-electron chi connectivity index (χ2n) is 4.58. The molecule has 106 valence electrons. The first-order chi connectivity index (χ1) is 9.60. The van der Waals surface area contributed by atoms with E-state index >= 15 is 0 Å². The third-order valence-electron chi connectivity index (χ3n) is 2.77. The van der Waals surface area contributed by atoms with Crippen molar-refractivity contribution in [2.75, 3.05) is 12.3 Å². The van der Waals surface area contributed by atoms with Crippen LogP contribution in [-0.2, 0) is 0 Å². The van der Waals surface area contributed by atoms with Crippen LogP contribution >= 0.6 is 11.8 Å². The molecule has 2 N–H and O–H groups in total. The Kier molecular flexibility index (Phi) is 4.90. The van der Waals surface area contributed by atoms with Crippen molar-refractivity contribution in [2.24, 2.45) is 0 Å². The van der Waals surface area contributed by atoms with Crippen molar-refractivity contribution in [1.82, 2.24) is 0 Å². The molecular formula is C16H18FNOS. The summed E-state index contributed by atoms with van der Waals surface area (Å²) in [5, 5.41) is 0. The number of hydrogen-bond donors (Lipinski definition) is 1. The van der Waals surface area contributed by atoms with E-state index in [4.69, 9.17) is 10.5 Å². The predicted molar refractivity (Wildman–Crippen MR) is 81.9 cm³/mol. The summed E-state index contributed by atoms with van der Waals surface area (Å²) in [5.41, 5.74) is 7.51. The van der Waals surface area contributed by atoms with Gasteiger partial charge in [-0.3, -0.25) is 0 Å². The second kappa shape index (κ2) is 6.66. The minimum atomic E-state index is -0.413. The van der Waals surface area contributed by atoms with Gasteiger partial charge < -0.3 is 10.5 Å². The fourth-order valence-electron chi connectivity index (χ4n) is 1.69. The van der Waals surface area contributed by atoms with Crippen molar-refractivity contribution in [3.05, 3.63) is 47.8 Å². The zero-order valence-electron chi connectivity index (χ0n) is 11.7. The zero-order valence-corrected chi connectivity index (χ0v) is 12.5. The highest BCUT2D eigenvalue weighted by Crippen LogP contribution is 2.36. The van der Waals surface area contributed by atoms with Gasteiger partial charge in [-0.05, 0) is 31.5 Å². The lowest BCUT2D eigenvalue weighted by Crippen LogP contribution is -1.99. The molecule has 0 unspecified atom stereocenters. The molecule has 0 heterocycles. The van der Waals surface area contributed by atoms with Gasteiger partial charge in [-0.1, -0.05) is 36.4 Å². The summed E-state index contributed by atoms with van der Waals surface area (Å²) >= 11 is 1.51. The minimum absolute atomic E-state index is 0.260. The molecule has 2 rings (SSSR count). The quantitative estimate of drug-likeness (QED) is 0.814. The molecule has 0 aliphatic heterocycles. The Hall–Kier alpha value is -1.68. The lowest BCUT2D eigenvalue weighted by Gasteiger charge is -2.11. The molecule has 0 saturated carbocycles. The third kappa shape index (κ3) is 3.67.